The monoisotopic (exact) mass is 443 g/mol. The normalized spacial score (nSPS) is 25.4. The number of aliphatic hydroxyl groups is 3. The molecule has 1 fully saturated rings. The van der Waals surface area contributed by atoms with Crippen molar-refractivity contribution in [2.24, 2.45) is 5.92 Å². The molecular formula is C25H33NO6. The summed E-state index contributed by atoms with van der Waals surface area (Å²) in [6, 6.07) is 13.7. The molecule has 5 atom stereocenters. The van der Waals surface area contributed by atoms with Gasteiger partial charge in [-0.2, -0.15) is 0 Å². The number of benzene rings is 2. The molecule has 3 rings (SSSR count). The molecule has 0 unspecified atom stereocenters. The average molecular weight is 444 g/mol. The van der Waals surface area contributed by atoms with E-state index in [1.165, 1.54) is 6.92 Å². The molecule has 0 radical (unpaired) electrons. The number of nitrogens with one attached hydrogen (secondary N) is 1. The minimum Gasteiger partial charge on any atom is -0.462 e. The van der Waals surface area contributed by atoms with E-state index in [0.717, 1.165) is 22.3 Å². The van der Waals surface area contributed by atoms with Gasteiger partial charge in [-0.15, -0.1) is 0 Å². The van der Waals surface area contributed by atoms with Crippen LogP contribution in [0, 0.1) is 12.8 Å². The second kappa shape index (κ2) is 10.9. The van der Waals surface area contributed by atoms with E-state index in [0.29, 0.717) is 25.1 Å². The second-order valence-corrected chi connectivity index (χ2v) is 8.43. The van der Waals surface area contributed by atoms with Gasteiger partial charge in [-0.1, -0.05) is 42.8 Å². The lowest BCUT2D eigenvalue weighted by Crippen LogP contribution is -2.55. The Labute approximate surface area is 189 Å². The highest BCUT2D eigenvalue weighted by molar-refractivity contribution is 5.73. The summed E-state index contributed by atoms with van der Waals surface area (Å²) in [6.07, 6.45) is -2.69. The number of carbonyl (C=O) groups is 1. The zero-order valence-electron chi connectivity index (χ0n) is 18.8. The van der Waals surface area contributed by atoms with Crippen molar-refractivity contribution >= 4 is 5.91 Å². The summed E-state index contributed by atoms with van der Waals surface area (Å²) in [4.78, 5) is 11.3. The van der Waals surface area contributed by atoms with Crippen molar-refractivity contribution in [2.75, 3.05) is 13.2 Å². The molecule has 0 bridgehead atoms. The van der Waals surface area contributed by atoms with Gasteiger partial charge in [-0.25, -0.2) is 0 Å². The molecule has 2 aromatic carbocycles. The maximum atomic E-state index is 11.3. The molecule has 7 heteroatoms. The largest absolute Gasteiger partial charge is 0.462 e. The standard InChI is InChI=1S/C25H33NO6/c1-15-5-4-6-19(13-15)21-14-20(8-7-18(21)9-11-26-17(3)28)31-25-24(30)23(29)16(2)22(32-25)10-12-27/h4-8,13-14,16,22-25,27,29-30H,9-12H2,1-3H3,(H,26,28)/t16-,22+,23+,24+,25-/m0/s1. The molecule has 1 amide bonds. The fourth-order valence-electron chi connectivity index (χ4n) is 4.06. The highest BCUT2D eigenvalue weighted by atomic mass is 16.7. The van der Waals surface area contributed by atoms with Gasteiger partial charge in [0.15, 0.2) is 0 Å². The number of hydrogen-bond acceptors (Lipinski definition) is 6. The van der Waals surface area contributed by atoms with Gasteiger partial charge in [0.05, 0.1) is 12.2 Å². The van der Waals surface area contributed by atoms with Crippen molar-refractivity contribution < 1.29 is 29.6 Å². The Balaban J connectivity index is 1.86. The maximum Gasteiger partial charge on any atom is 0.228 e. The molecule has 174 valence electrons. The Morgan fingerprint density at radius 2 is 1.94 bits per heavy atom. The molecule has 0 saturated carbocycles. The first-order chi connectivity index (χ1) is 15.3. The maximum absolute atomic E-state index is 11.3. The van der Waals surface area contributed by atoms with E-state index in [9.17, 15) is 20.1 Å². The molecule has 1 heterocycles. The van der Waals surface area contributed by atoms with Gasteiger partial charge < -0.3 is 30.1 Å². The van der Waals surface area contributed by atoms with Gasteiger partial charge in [0, 0.05) is 26.0 Å². The third-order valence-electron chi connectivity index (χ3n) is 5.91. The number of ether oxygens (including phenoxy) is 2. The van der Waals surface area contributed by atoms with Crippen LogP contribution in [0.1, 0.15) is 31.4 Å². The van der Waals surface area contributed by atoms with E-state index in [1.807, 2.05) is 37.3 Å². The molecule has 32 heavy (non-hydrogen) atoms. The lowest BCUT2D eigenvalue weighted by molar-refractivity contribution is -0.257. The Hall–Kier alpha value is -2.45. The highest BCUT2D eigenvalue weighted by Gasteiger charge is 2.43. The summed E-state index contributed by atoms with van der Waals surface area (Å²) in [5.41, 5.74) is 4.15. The van der Waals surface area contributed by atoms with Crippen LogP contribution in [0.15, 0.2) is 42.5 Å². The van der Waals surface area contributed by atoms with E-state index in [-0.39, 0.29) is 18.4 Å². The Bertz CT molecular complexity index is 917. The molecule has 0 aromatic heterocycles. The van der Waals surface area contributed by atoms with Crippen LogP contribution in [-0.4, -0.2) is 59.0 Å². The number of aryl methyl sites for hydroxylation is 1. The van der Waals surface area contributed by atoms with E-state index in [4.69, 9.17) is 9.47 Å². The zero-order valence-corrected chi connectivity index (χ0v) is 18.8. The summed E-state index contributed by atoms with van der Waals surface area (Å²) >= 11 is 0. The van der Waals surface area contributed by atoms with Gasteiger partial charge in [0.1, 0.15) is 11.9 Å². The molecule has 0 spiro atoms. The van der Waals surface area contributed by atoms with Crippen LogP contribution in [0.4, 0.5) is 0 Å². The van der Waals surface area contributed by atoms with Gasteiger partial charge in [0.2, 0.25) is 12.2 Å². The SMILES string of the molecule is CC(=O)NCCc1ccc(O[C@H]2O[C@H](CCO)[C@H](C)[C@@H](O)[C@H]2O)cc1-c1cccc(C)c1. The topological polar surface area (TPSA) is 108 Å². The number of carbonyl (C=O) groups excluding carboxylic acids is 1. The summed E-state index contributed by atoms with van der Waals surface area (Å²) in [5, 5.41) is 33.0. The minimum atomic E-state index is -1.21. The molecular weight excluding hydrogens is 410 g/mol. The van der Waals surface area contributed by atoms with Gasteiger partial charge in [-0.3, -0.25) is 4.79 Å². The van der Waals surface area contributed by atoms with E-state index >= 15 is 0 Å². The first-order valence-electron chi connectivity index (χ1n) is 11.0. The van der Waals surface area contributed by atoms with Crippen molar-refractivity contribution in [3.05, 3.63) is 53.6 Å². The third kappa shape index (κ3) is 5.86. The Kier molecular flexibility index (Phi) is 8.26. The van der Waals surface area contributed by atoms with Crippen LogP contribution >= 0.6 is 0 Å². The van der Waals surface area contributed by atoms with Crippen LogP contribution < -0.4 is 10.1 Å². The molecule has 7 nitrogen and oxygen atoms in total. The molecule has 0 aliphatic carbocycles. The summed E-state index contributed by atoms with van der Waals surface area (Å²) in [7, 11) is 0. The van der Waals surface area contributed by atoms with Gasteiger partial charge in [-0.05, 0) is 48.6 Å². The van der Waals surface area contributed by atoms with Crippen molar-refractivity contribution in [1.29, 1.82) is 0 Å². The predicted octanol–water partition coefficient (Wildman–Crippen LogP) is 2.18. The van der Waals surface area contributed by atoms with Crippen LogP contribution in [0.2, 0.25) is 0 Å². The summed E-state index contributed by atoms with van der Waals surface area (Å²) in [6.45, 7) is 5.74. The third-order valence-corrected chi connectivity index (χ3v) is 5.91. The Morgan fingerprint density at radius 3 is 2.62 bits per heavy atom. The van der Waals surface area contributed by atoms with E-state index < -0.39 is 24.6 Å². The van der Waals surface area contributed by atoms with Crippen LogP contribution in [-0.2, 0) is 16.0 Å². The Morgan fingerprint density at radius 1 is 1.16 bits per heavy atom. The van der Waals surface area contributed by atoms with Crippen molar-refractivity contribution in [1.82, 2.24) is 5.32 Å². The predicted molar refractivity (Wildman–Crippen MR) is 121 cm³/mol. The highest BCUT2D eigenvalue weighted by Crippen LogP contribution is 2.33. The quantitative estimate of drug-likeness (QED) is 0.498. The van der Waals surface area contributed by atoms with Crippen LogP contribution in [0.3, 0.4) is 0 Å². The smallest absolute Gasteiger partial charge is 0.228 e. The molecule has 4 N–H and O–H groups in total. The van der Waals surface area contributed by atoms with Crippen molar-refractivity contribution in [3.8, 4) is 16.9 Å². The average Bonchev–Trinajstić information content (AvgIpc) is 2.76. The number of amides is 1. The van der Waals surface area contributed by atoms with Crippen molar-refractivity contribution in [3.63, 3.8) is 0 Å². The molecule has 1 saturated heterocycles. The molecule has 1 aliphatic rings. The lowest BCUT2D eigenvalue weighted by atomic mass is 9.89. The first kappa shape index (κ1) is 24.2. The fourth-order valence-corrected chi connectivity index (χ4v) is 4.06. The number of hydrogen-bond donors (Lipinski definition) is 4. The summed E-state index contributed by atoms with van der Waals surface area (Å²) in [5.74, 6) is 0.102. The zero-order chi connectivity index (χ0) is 23.3. The molecule has 2 aromatic rings. The van der Waals surface area contributed by atoms with Crippen LogP contribution in [0.5, 0.6) is 5.75 Å². The summed E-state index contributed by atoms with van der Waals surface area (Å²) < 4.78 is 11.8. The fraction of sp³-hybridized carbons (Fsp3) is 0.480. The van der Waals surface area contributed by atoms with E-state index in [2.05, 4.69) is 11.4 Å². The van der Waals surface area contributed by atoms with Gasteiger partial charge in [0.25, 0.3) is 0 Å². The van der Waals surface area contributed by atoms with Crippen LogP contribution in [0.25, 0.3) is 11.1 Å². The van der Waals surface area contributed by atoms with Gasteiger partial charge >= 0.3 is 0 Å². The second-order valence-electron chi connectivity index (χ2n) is 8.43. The number of aliphatic hydroxyl groups excluding tert-OH is 3. The van der Waals surface area contributed by atoms with Crippen molar-refractivity contribution in [2.45, 2.75) is 58.2 Å². The minimum absolute atomic E-state index is 0.0734. The lowest BCUT2D eigenvalue weighted by Gasteiger charge is -2.41. The molecule has 1 aliphatic heterocycles. The van der Waals surface area contributed by atoms with E-state index in [1.54, 1.807) is 13.0 Å². The number of rotatable bonds is 8. The first-order valence-corrected chi connectivity index (χ1v) is 11.0.